The maximum absolute atomic E-state index is 6.44. The first-order chi connectivity index (χ1) is 13.9. The minimum Gasteiger partial charge on any atom is -0.399 e. The molecular formula is C23H33NO5. The van der Waals surface area contributed by atoms with Crippen LogP contribution in [0.25, 0.3) is 0 Å². The van der Waals surface area contributed by atoms with Crippen molar-refractivity contribution in [3.8, 4) is 0 Å². The largest absolute Gasteiger partial charge is 0.399 e. The maximum Gasteiger partial charge on any atom is 0.201 e. The Labute approximate surface area is 172 Å². The van der Waals surface area contributed by atoms with Crippen molar-refractivity contribution in [1.29, 1.82) is 0 Å². The fourth-order valence-corrected chi connectivity index (χ4v) is 6.04. The summed E-state index contributed by atoms with van der Waals surface area (Å²) in [6.45, 7) is 7.10. The van der Waals surface area contributed by atoms with Crippen LogP contribution in [0.3, 0.4) is 0 Å². The standard InChI is InChI=1S/C23H33NO5/c1-14-4-9-19-15(2)20(25-13-11-16-5-7-17(24)8-6-16)26-21-23(19)18(14)10-12-22(3,27-21)28-29-23/h5-8,14-15,18-21H,4,9-13,24H2,1-3H3/t14-,15-,18+,19+,20+,21-,22-,23-/m1/s1. The third-order valence-electron chi connectivity index (χ3n) is 7.75. The van der Waals surface area contributed by atoms with Gasteiger partial charge in [0.15, 0.2) is 18.2 Å². The lowest BCUT2D eigenvalue weighted by molar-refractivity contribution is -0.577. The van der Waals surface area contributed by atoms with Crippen LogP contribution < -0.4 is 5.73 Å². The normalized spacial score (nSPS) is 46.2. The molecule has 1 spiro atoms. The van der Waals surface area contributed by atoms with E-state index in [1.54, 1.807) is 0 Å². The Hall–Kier alpha value is -1.18. The first-order valence-corrected chi connectivity index (χ1v) is 11.1. The number of hydrogen-bond acceptors (Lipinski definition) is 6. The third kappa shape index (κ3) is 3.20. The van der Waals surface area contributed by atoms with E-state index in [0.29, 0.717) is 24.4 Å². The van der Waals surface area contributed by atoms with E-state index in [-0.39, 0.29) is 12.2 Å². The fourth-order valence-electron chi connectivity index (χ4n) is 6.04. The van der Waals surface area contributed by atoms with Gasteiger partial charge in [-0.05, 0) is 62.1 Å². The second-order valence-electron chi connectivity index (χ2n) is 9.64. The van der Waals surface area contributed by atoms with Crippen LogP contribution in [-0.2, 0) is 30.4 Å². The van der Waals surface area contributed by atoms with E-state index in [4.69, 9.17) is 29.7 Å². The maximum atomic E-state index is 6.44. The molecule has 29 heavy (non-hydrogen) atoms. The van der Waals surface area contributed by atoms with E-state index in [1.165, 1.54) is 12.0 Å². The van der Waals surface area contributed by atoms with Gasteiger partial charge in [-0.3, -0.25) is 0 Å². The minimum atomic E-state index is -0.743. The Morgan fingerprint density at radius 2 is 1.86 bits per heavy atom. The van der Waals surface area contributed by atoms with Gasteiger partial charge >= 0.3 is 0 Å². The summed E-state index contributed by atoms with van der Waals surface area (Å²) in [6, 6.07) is 7.95. The van der Waals surface area contributed by atoms with Gasteiger partial charge < -0.3 is 19.9 Å². The molecule has 1 aromatic carbocycles. The number of rotatable bonds is 4. The predicted octanol–water partition coefficient (Wildman–Crippen LogP) is 4.04. The third-order valence-corrected chi connectivity index (χ3v) is 7.75. The zero-order valence-electron chi connectivity index (χ0n) is 17.6. The Balaban J connectivity index is 1.33. The van der Waals surface area contributed by atoms with Gasteiger partial charge in [0.05, 0.1) is 6.61 Å². The van der Waals surface area contributed by atoms with Crippen LogP contribution in [0.2, 0.25) is 0 Å². The molecule has 5 fully saturated rings. The molecule has 8 atom stereocenters. The summed E-state index contributed by atoms with van der Waals surface area (Å²) in [7, 11) is 0. The molecule has 6 rings (SSSR count). The second-order valence-corrected chi connectivity index (χ2v) is 9.64. The fraction of sp³-hybridized carbons (Fsp3) is 0.739. The van der Waals surface area contributed by atoms with Crippen molar-refractivity contribution in [2.75, 3.05) is 12.3 Å². The topological polar surface area (TPSA) is 72.2 Å². The van der Waals surface area contributed by atoms with Crippen LogP contribution >= 0.6 is 0 Å². The first-order valence-electron chi connectivity index (χ1n) is 11.1. The number of anilines is 1. The highest BCUT2D eigenvalue weighted by Gasteiger charge is 2.69. The summed E-state index contributed by atoms with van der Waals surface area (Å²) in [5, 5.41) is 0. The van der Waals surface area contributed by atoms with E-state index in [2.05, 4.69) is 13.8 Å². The molecule has 0 radical (unpaired) electrons. The molecule has 6 heteroatoms. The van der Waals surface area contributed by atoms with Crippen LogP contribution in [0.4, 0.5) is 5.69 Å². The molecule has 4 saturated heterocycles. The number of nitrogen functional groups attached to an aromatic ring is 1. The van der Waals surface area contributed by atoms with Crippen molar-refractivity contribution in [2.45, 2.75) is 76.8 Å². The lowest BCUT2D eigenvalue weighted by Crippen LogP contribution is -2.70. The van der Waals surface area contributed by atoms with Crippen LogP contribution in [0.15, 0.2) is 24.3 Å². The molecule has 0 amide bonds. The zero-order chi connectivity index (χ0) is 20.2. The smallest absolute Gasteiger partial charge is 0.201 e. The van der Waals surface area contributed by atoms with E-state index < -0.39 is 17.7 Å². The molecule has 4 aliphatic heterocycles. The van der Waals surface area contributed by atoms with E-state index >= 15 is 0 Å². The SMILES string of the molecule is C[C@H]1[C@@H](OCCc2ccc(N)cc2)O[C@@H]2O[C@@]3(C)CC[C@H]4[C@H](C)CC[C@@H]1[C@@]24OO3. The van der Waals surface area contributed by atoms with Gasteiger partial charge in [-0.2, -0.15) is 0 Å². The summed E-state index contributed by atoms with van der Waals surface area (Å²) in [4.78, 5) is 12.0. The molecule has 1 aliphatic carbocycles. The van der Waals surface area contributed by atoms with Gasteiger partial charge in [-0.1, -0.05) is 26.0 Å². The molecule has 1 saturated carbocycles. The highest BCUT2D eigenvalue weighted by atomic mass is 17.3. The van der Waals surface area contributed by atoms with Crippen LogP contribution in [0.5, 0.6) is 0 Å². The Morgan fingerprint density at radius 1 is 1.07 bits per heavy atom. The lowest BCUT2D eigenvalue weighted by Gasteiger charge is -2.60. The first kappa shape index (κ1) is 19.8. The number of ether oxygens (including phenoxy) is 3. The number of fused-ring (bicyclic) bond motifs is 2. The zero-order valence-corrected chi connectivity index (χ0v) is 17.6. The predicted molar refractivity (Wildman–Crippen MR) is 107 cm³/mol. The summed E-state index contributed by atoms with van der Waals surface area (Å²) >= 11 is 0. The summed E-state index contributed by atoms with van der Waals surface area (Å²) in [6.07, 6.45) is 4.23. The Kier molecular flexibility index (Phi) is 4.91. The van der Waals surface area contributed by atoms with Crippen LogP contribution in [0.1, 0.15) is 52.0 Å². The van der Waals surface area contributed by atoms with Crippen LogP contribution in [0, 0.1) is 23.7 Å². The molecule has 0 unspecified atom stereocenters. The van der Waals surface area contributed by atoms with Gasteiger partial charge in [-0.25, -0.2) is 9.78 Å². The Bertz CT molecular complexity index is 741. The van der Waals surface area contributed by atoms with Gasteiger partial charge in [-0.15, -0.1) is 0 Å². The molecule has 2 N–H and O–H groups in total. The molecule has 1 aromatic rings. The molecular weight excluding hydrogens is 370 g/mol. The molecule has 0 aromatic heterocycles. The van der Waals surface area contributed by atoms with Gasteiger partial charge in [0.25, 0.3) is 0 Å². The summed E-state index contributed by atoms with van der Waals surface area (Å²) in [5.41, 5.74) is 7.24. The summed E-state index contributed by atoms with van der Waals surface area (Å²) in [5.74, 6) is 0.718. The quantitative estimate of drug-likeness (QED) is 0.604. The van der Waals surface area contributed by atoms with Crippen molar-refractivity contribution in [1.82, 2.24) is 0 Å². The van der Waals surface area contributed by atoms with Crippen molar-refractivity contribution >= 4 is 5.69 Å². The second kappa shape index (κ2) is 7.20. The Morgan fingerprint density at radius 3 is 2.66 bits per heavy atom. The molecule has 5 aliphatic rings. The number of nitrogens with two attached hydrogens (primary N) is 1. The lowest BCUT2D eigenvalue weighted by atomic mass is 9.58. The average Bonchev–Trinajstić information content (AvgIpc) is 2.93. The summed E-state index contributed by atoms with van der Waals surface area (Å²) < 4.78 is 19.1. The van der Waals surface area contributed by atoms with Crippen LogP contribution in [-0.4, -0.2) is 30.6 Å². The van der Waals surface area contributed by atoms with Crippen molar-refractivity contribution in [3.05, 3.63) is 29.8 Å². The monoisotopic (exact) mass is 403 g/mol. The average molecular weight is 404 g/mol. The van der Waals surface area contributed by atoms with E-state index in [0.717, 1.165) is 31.4 Å². The van der Waals surface area contributed by atoms with Gasteiger partial charge in [0.1, 0.15) is 0 Å². The molecule has 4 heterocycles. The number of benzene rings is 1. The molecule has 160 valence electrons. The van der Waals surface area contributed by atoms with Crippen molar-refractivity contribution in [2.24, 2.45) is 23.7 Å². The molecule has 6 nitrogen and oxygen atoms in total. The van der Waals surface area contributed by atoms with Crippen molar-refractivity contribution in [3.63, 3.8) is 0 Å². The van der Waals surface area contributed by atoms with E-state index in [1.807, 2.05) is 31.2 Å². The van der Waals surface area contributed by atoms with E-state index in [9.17, 15) is 0 Å². The van der Waals surface area contributed by atoms with Gasteiger partial charge in [0.2, 0.25) is 5.79 Å². The minimum absolute atomic E-state index is 0.210. The highest BCUT2D eigenvalue weighted by molar-refractivity contribution is 5.39. The van der Waals surface area contributed by atoms with Crippen molar-refractivity contribution < 1.29 is 24.0 Å². The molecule has 2 bridgehead atoms. The highest BCUT2D eigenvalue weighted by Crippen LogP contribution is 2.60. The van der Waals surface area contributed by atoms with Gasteiger partial charge in [0, 0.05) is 23.9 Å². The number of hydrogen-bond donors (Lipinski definition) is 1.